The molecule has 3 nitrogen and oxygen atoms in total. The van der Waals surface area contributed by atoms with Crippen molar-refractivity contribution in [2.45, 2.75) is 24.9 Å². The first-order chi connectivity index (χ1) is 6.68. The first-order valence-electron chi connectivity index (χ1n) is 4.71. The fourth-order valence-corrected chi connectivity index (χ4v) is 2.87. The second-order valence-electron chi connectivity index (χ2n) is 3.73. The highest BCUT2D eigenvalue weighted by Crippen LogP contribution is 2.27. The number of hydrogen-bond donors (Lipinski definition) is 2. The number of aromatic nitrogens is 1. The summed E-state index contributed by atoms with van der Waals surface area (Å²) in [6, 6.07) is 0. The van der Waals surface area contributed by atoms with E-state index in [4.69, 9.17) is 11.6 Å². The van der Waals surface area contributed by atoms with E-state index >= 15 is 0 Å². The van der Waals surface area contributed by atoms with Crippen molar-refractivity contribution in [3.8, 4) is 0 Å². The van der Waals surface area contributed by atoms with Crippen molar-refractivity contribution in [1.29, 1.82) is 0 Å². The third-order valence-corrected chi connectivity index (χ3v) is 3.68. The number of rotatable bonds is 2. The van der Waals surface area contributed by atoms with Crippen LogP contribution in [0.2, 0.25) is 4.47 Å². The fourth-order valence-electron chi connectivity index (χ4n) is 1.76. The van der Waals surface area contributed by atoms with Crippen molar-refractivity contribution in [1.82, 2.24) is 10.3 Å². The lowest BCUT2D eigenvalue weighted by Gasteiger charge is -2.32. The number of piperidine rings is 1. The smallest absolute Gasteiger partial charge is 0.183 e. The molecule has 5 heteroatoms. The minimum atomic E-state index is -0.554. The molecule has 2 N–H and O–H groups in total. The molecule has 14 heavy (non-hydrogen) atoms. The molecule has 2 rings (SSSR count). The van der Waals surface area contributed by atoms with Crippen LogP contribution in [0.4, 0.5) is 0 Å². The minimum absolute atomic E-state index is 0.553. The van der Waals surface area contributed by atoms with Crippen molar-refractivity contribution < 1.29 is 5.11 Å². The van der Waals surface area contributed by atoms with Crippen molar-refractivity contribution in [3.05, 3.63) is 15.5 Å². The molecular weight excluding hydrogens is 220 g/mol. The third-order valence-electron chi connectivity index (χ3n) is 2.56. The zero-order valence-corrected chi connectivity index (χ0v) is 9.37. The summed E-state index contributed by atoms with van der Waals surface area (Å²) in [5.41, 5.74) is -0.554. The molecular formula is C9H13ClN2OS. The van der Waals surface area contributed by atoms with Crippen LogP contribution in [0.5, 0.6) is 0 Å². The van der Waals surface area contributed by atoms with E-state index in [0.717, 1.165) is 30.8 Å². The molecule has 1 saturated heterocycles. The van der Waals surface area contributed by atoms with Gasteiger partial charge in [-0.2, -0.15) is 0 Å². The molecule has 1 aromatic rings. The molecule has 1 fully saturated rings. The molecule has 0 amide bonds. The molecule has 0 saturated carbocycles. The summed E-state index contributed by atoms with van der Waals surface area (Å²) in [4.78, 5) is 5.04. The van der Waals surface area contributed by atoms with Crippen LogP contribution < -0.4 is 5.32 Å². The first-order valence-corrected chi connectivity index (χ1v) is 5.91. The maximum absolute atomic E-state index is 10.2. The minimum Gasteiger partial charge on any atom is -0.389 e. The van der Waals surface area contributed by atoms with Crippen LogP contribution in [0.25, 0.3) is 0 Å². The molecule has 0 unspecified atom stereocenters. The van der Waals surface area contributed by atoms with Crippen LogP contribution in [0, 0.1) is 0 Å². The molecule has 0 spiro atoms. The maximum Gasteiger partial charge on any atom is 0.183 e. The monoisotopic (exact) mass is 232 g/mol. The van der Waals surface area contributed by atoms with Gasteiger partial charge in [-0.3, -0.25) is 0 Å². The predicted octanol–water partition coefficient (Wildman–Crippen LogP) is 1.45. The molecule has 2 heterocycles. The standard InChI is InChI=1S/C9H13ClN2OS/c10-8-12-6-7(14-8)5-9(13)1-3-11-4-2-9/h6,11,13H,1-5H2. The van der Waals surface area contributed by atoms with E-state index in [-0.39, 0.29) is 0 Å². The van der Waals surface area contributed by atoms with Gasteiger partial charge in [0.25, 0.3) is 0 Å². The average molecular weight is 233 g/mol. The zero-order valence-electron chi connectivity index (χ0n) is 7.79. The molecule has 0 radical (unpaired) electrons. The summed E-state index contributed by atoms with van der Waals surface area (Å²) in [7, 11) is 0. The third kappa shape index (κ3) is 2.45. The van der Waals surface area contributed by atoms with E-state index in [2.05, 4.69) is 10.3 Å². The highest BCUT2D eigenvalue weighted by molar-refractivity contribution is 7.15. The first kappa shape index (κ1) is 10.4. The molecule has 1 aliphatic rings. The normalized spacial score (nSPS) is 21.0. The average Bonchev–Trinajstić information content (AvgIpc) is 2.51. The van der Waals surface area contributed by atoms with Crippen molar-refractivity contribution in [2.24, 2.45) is 0 Å². The lowest BCUT2D eigenvalue weighted by Crippen LogP contribution is -2.43. The van der Waals surface area contributed by atoms with Crippen LogP contribution in [0.15, 0.2) is 6.20 Å². The Hall–Kier alpha value is -0.160. The molecule has 0 aromatic carbocycles. The highest BCUT2D eigenvalue weighted by atomic mass is 35.5. The number of hydrogen-bond acceptors (Lipinski definition) is 4. The summed E-state index contributed by atoms with van der Waals surface area (Å²) in [6.07, 6.45) is 4.05. The molecule has 1 aromatic heterocycles. The van der Waals surface area contributed by atoms with Gasteiger partial charge in [0, 0.05) is 17.5 Å². The Bertz CT molecular complexity index is 310. The van der Waals surface area contributed by atoms with E-state index < -0.39 is 5.60 Å². The Morgan fingerprint density at radius 3 is 2.86 bits per heavy atom. The number of halogens is 1. The van der Waals surface area contributed by atoms with Gasteiger partial charge < -0.3 is 10.4 Å². The van der Waals surface area contributed by atoms with Gasteiger partial charge in [-0.05, 0) is 25.9 Å². The van der Waals surface area contributed by atoms with E-state index in [1.165, 1.54) is 11.3 Å². The Kier molecular flexibility index (Phi) is 3.07. The molecule has 1 aliphatic heterocycles. The summed E-state index contributed by atoms with van der Waals surface area (Å²) in [5, 5.41) is 13.5. The summed E-state index contributed by atoms with van der Waals surface area (Å²) in [6.45, 7) is 1.78. The van der Waals surface area contributed by atoms with E-state index in [9.17, 15) is 5.11 Å². The number of nitrogens with one attached hydrogen (secondary N) is 1. The predicted molar refractivity (Wildman–Crippen MR) is 57.9 cm³/mol. The van der Waals surface area contributed by atoms with Gasteiger partial charge >= 0.3 is 0 Å². The van der Waals surface area contributed by atoms with Gasteiger partial charge in [0.2, 0.25) is 0 Å². The Balaban J connectivity index is 2.01. The Morgan fingerprint density at radius 2 is 2.29 bits per heavy atom. The summed E-state index contributed by atoms with van der Waals surface area (Å²) < 4.78 is 0.553. The molecule has 0 bridgehead atoms. The fraction of sp³-hybridized carbons (Fsp3) is 0.667. The van der Waals surface area contributed by atoms with Gasteiger partial charge in [0.1, 0.15) is 0 Å². The topological polar surface area (TPSA) is 45.2 Å². The van der Waals surface area contributed by atoms with Crippen LogP contribution >= 0.6 is 22.9 Å². The largest absolute Gasteiger partial charge is 0.389 e. The SMILES string of the molecule is OC1(Cc2cnc(Cl)s2)CCNCC1. The van der Waals surface area contributed by atoms with E-state index in [0.29, 0.717) is 10.9 Å². The molecule has 78 valence electrons. The quantitative estimate of drug-likeness (QED) is 0.812. The number of thiazole rings is 1. The highest BCUT2D eigenvalue weighted by Gasteiger charge is 2.29. The lowest BCUT2D eigenvalue weighted by atomic mass is 9.89. The zero-order chi connectivity index (χ0) is 10.0. The maximum atomic E-state index is 10.2. The van der Waals surface area contributed by atoms with Gasteiger partial charge in [0.05, 0.1) is 5.60 Å². The molecule has 0 aliphatic carbocycles. The van der Waals surface area contributed by atoms with Crippen LogP contribution in [0.1, 0.15) is 17.7 Å². The summed E-state index contributed by atoms with van der Waals surface area (Å²) >= 11 is 7.19. The van der Waals surface area contributed by atoms with Crippen molar-refractivity contribution in [2.75, 3.05) is 13.1 Å². The van der Waals surface area contributed by atoms with E-state index in [1.807, 2.05) is 0 Å². The van der Waals surface area contributed by atoms with Crippen LogP contribution in [-0.4, -0.2) is 28.8 Å². The lowest BCUT2D eigenvalue weighted by molar-refractivity contribution is 0.0115. The van der Waals surface area contributed by atoms with Crippen molar-refractivity contribution >= 4 is 22.9 Å². The number of aliphatic hydroxyl groups is 1. The van der Waals surface area contributed by atoms with Crippen LogP contribution in [0.3, 0.4) is 0 Å². The van der Waals surface area contributed by atoms with E-state index in [1.54, 1.807) is 6.20 Å². The van der Waals surface area contributed by atoms with Gasteiger partial charge in [-0.25, -0.2) is 4.98 Å². The van der Waals surface area contributed by atoms with Crippen LogP contribution in [-0.2, 0) is 6.42 Å². The van der Waals surface area contributed by atoms with Gasteiger partial charge in [-0.1, -0.05) is 11.6 Å². The summed E-state index contributed by atoms with van der Waals surface area (Å²) in [5.74, 6) is 0. The Morgan fingerprint density at radius 1 is 1.57 bits per heavy atom. The number of nitrogens with zero attached hydrogens (tertiary/aromatic N) is 1. The second-order valence-corrected chi connectivity index (χ2v) is 5.43. The van der Waals surface area contributed by atoms with Gasteiger partial charge in [0.15, 0.2) is 4.47 Å². The molecule has 0 atom stereocenters. The Labute approximate surface area is 92.1 Å². The van der Waals surface area contributed by atoms with Gasteiger partial charge in [-0.15, -0.1) is 11.3 Å². The second kappa shape index (κ2) is 4.14. The van der Waals surface area contributed by atoms with Crippen molar-refractivity contribution in [3.63, 3.8) is 0 Å².